The third-order valence-electron chi connectivity index (χ3n) is 0. The van der Waals surface area contributed by atoms with Gasteiger partial charge in [0.15, 0.2) is 0 Å². The summed E-state index contributed by atoms with van der Waals surface area (Å²) in [5, 5.41) is 0. The van der Waals surface area contributed by atoms with Crippen LogP contribution in [0.3, 0.4) is 0 Å². The van der Waals surface area contributed by atoms with Crippen LogP contribution < -0.4 is 11.5 Å². The zero-order valence-electron chi connectivity index (χ0n) is 11.2. The van der Waals surface area contributed by atoms with Gasteiger partial charge in [0.05, 0.1) is 0 Å². The smallest absolute Gasteiger partial charge is 0 e. The van der Waals surface area contributed by atoms with Crippen LogP contribution in [0.4, 0.5) is 0 Å². The second-order valence-electron chi connectivity index (χ2n) is 0. The maximum atomic E-state index is 5.00. The second kappa shape index (κ2) is 37900. The topological polar surface area (TPSA) is 52.0 Å². The molecule has 4 N–H and O–H groups in total. The summed E-state index contributed by atoms with van der Waals surface area (Å²) in [5.74, 6) is 0. The minimum atomic E-state index is 0. The summed E-state index contributed by atoms with van der Waals surface area (Å²) >= 11 is 0. The van der Waals surface area contributed by atoms with Crippen LogP contribution in [0.5, 0.6) is 0 Å². The van der Waals surface area contributed by atoms with Crippen LogP contribution >= 0.6 is 0 Å². The molecule has 0 aliphatic carbocycles. The summed E-state index contributed by atoms with van der Waals surface area (Å²) in [6, 6.07) is 0. The van der Waals surface area contributed by atoms with E-state index in [1.807, 2.05) is 27.7 Å². The zero-order valence-corrected chi connectivity index (χ0v) is 7.15. The van der Waals surface area contributed by atoms with Crippen molar-refractivity contribution in [2.75, 3.05) is 14.1 Å². The Labute approximate surface area is 61.9 Å². The van der Waals surface area contributed by atoms with Gasteiger partial charge in [0.1, 0.15) is 0 Å². The molecule has 0 rings (SSSR count). The highest BCUT2D eigenvalue weighted by atomic mass is 14.4. The van der Waals surface area contributed by atoms with Crippen LogP contribution in [0, 0.1) is 0 Å². The second-order valence-corrected chi connectivity index (χ2v) is 0. The van der Waals surface area contributed by atoms with E-state index in [2.05, 4.69) is 11.5 Å². The third kappa shape index (κ3) is 22400. The van der Waals surface area contributed by atoms with Gasteiger partial charge in [-0.05, 0) is 14.1 Å². The zero-order chi connectivity index (χ0) is 12.0. The summed E-state index contributed by atoms with van der Waals surface area (Å²) < 4.78 is 20.0. The lowest BCUT2D eigenvalue weighted by atomic mass is 11.0. The predicted molar refractivity (Wildman–Crippen MR) is 49.3 cm³/mol. The molecule has 0 fully saturated rings. The van der Waals surface area contributed by atoms with E-state index in [9.17, 15) is 0 Å². The Morgan fingerprint density at radius 3 is 0.750 bits per heavy atom. The van der Waals surface area contributed by atoms with Crippen molar-refractivity contribution in [2.45, 2.75) is 27.7 Å². The molecule has 0 aliphatic rings. The molecule has 0 radical (unpaired) electrons. The fourth-order valence-electron chi connectivity index (χ4n) is 0. The summed E-state index contributed by atoms with van der Waals surface area (Å²) in [5.41, 5.74) is 9.00. The van der Waals surface area contributed by atoms with Crippen molar-refractivity contribution >= 4 is 0 Å². The largest absolute Gasteiger partial charge is 0.333 e. The fraction of sp³-hybridized carbons (Fsp3) is 1.00. The minimum absolute atomic E-state index is 0. The Hall–Kier alpha value is -0.0800. The van der Waals surface area contributed by atoms with Gasteiger partial charge in [0.25, 0.3) is 0 Å². The molecule has 0 unspecified atom stereocenters. The van der Waals surface area contributed by atoms with Gasteiger partial charge in [-0.2, -0.15) is 0 Å². The van der Waals surface area contributed by atoms with E-state index in [0.717, 1.165) is 0 Å². The molecular formula is C6H28N2. The van der Waals surface area contributed by atoms with Crippen molar-refractivity contribution in [3.8, 4) is 0 Å². The monoisotopic (exact) mass is 133 g/mol. The SMILES string of the molecule is CC.CC.CN.CN.[2HH].[2H][2H].[2H][2H]. The normalized spacial score (nSPS) is 5.00. The lowest BCUT2D eigenvalue weighted by Gasteiger charge is -1.19. The van der Waals surface area contributed by atoms with Crippen LogP contribution in [0.2, 0.25) is 0 Å². The Morgan fingerprint density at radius 1 is 0.750 bits per heavy atom. The summed E-state index contributed by atoms with van der Waals surface area (Å²) in [4.78, 5) is 0. The molecule has 0 saturated carbocycles. The predicted octanol–water partition coefficient (Wildman–Crippen LogP) is 1.94. The van der Waals surface area contributed by atoms with Crippen molar-refractivity contribution in [1.29, 1.82) is 0 Å². The van der Waals surface area contributed by atoms with Gasteiger partial charge in [-0.3, -0.25) is 0 Å². The Balaban J connectivity index is -0.00000000655. The number of hydrogen-bond donors (Lipinski definition) is 2. The fourth-order valence-corrected chi connectivity index (χ4v) is 0. The van der Waals surface area contributed by atoms with Gasteiger partial charge < -0.3 is 11.5 Å². The molecule has 0 aromatic heterocycles. The molecule has 0 bridgehead atoms. The molecule has 0 aromatic carbocycles. The molecule has 0 heterocycles. The molecule has 0 atom stereocenters. The summed E-state index contributed by atoms with van der Waals surface area (Å²) in [7, 11) is 3.00. The van der Waals surface area contributed by atoms with E-state index in [0.29, 0.717) is 0 Å². The van der Waals surface area contributed by atoms with Gasteiger partial charge in [-0.15, -0.1) is 0 Å². The molecule has 2 heteroatoms. The van der Waals surface area contributed by atoms with Crippen LogP contribution in [0.15, 0.2) is 0 Å². The quantitative estimate of drug-likeness (QED) is 0.530. The van der Waals surface area contributed by atoms with Crippen LogP contribution in [0.25, 0.3) is 0 Å². The van der Waals surface area contributed by atoms with Gasteiger partial charge in [0.2, 0.25) is 0 Å². The van der Waals surface area contributed by atoms with Gasteiger partial charge in [0, 0.05) is 7.37 Å². The first kappa shape index (κ1) is 10.8. The molecule has 0 spiro atoms. The summed E-state index contributed by atoms with van der Waals surface area (Å²) in [6.45, 7) is 8.00. The molecule has 2 nitrogen and oxygen atoms in total. The van der Waals surface area contributed by atoms with Crippen LogP contribution in [-0.2, 0) is 0 Å². The van der Waals surface area contributed by atoms with Crippen LogP contribution in [-0.4, -0.2) is 14.1 Å². The van der Waals surface area contributed by atoms with E-state index in [-0.39, 0.29) is 1.43 Å². The lowest BCUT2D eigenvalue weighted by molar-refractivity contribution is 1.48. The number of hydrogen-bond acceptors (Lipinski definition) is 2. The van der Waals surface area contributed by atoms with E-state index in [4.69, 9.17) is 5.94 Å². The average Bonchev–Trinajstić information content (AvgIpc) is 2.33. The number of rotatable bonds is 0. The molecule has 0 amide bonds. The lowest BCUT2D eigenvalue weighted by Crippen LogP contribution is -1.69. The van der Waals surface area contributed by atoms with Crippen LogP contribution in [0.1, 0.15) is 35.1 Å². The maximum absolute atomic E-state index is 5.00. The molecule has 0 aromatic rings. The van der Waals surface area contributed by atoms with Gasteiger partial charge in [-0.25, -0.2) is 0 Å². The summed E-state index contributed by atoms with van der Waals surface area (Å²) in [6.07, 6.45) is 0. The standard InChI is InChI=1S/2C2H6.2CH5N.3H2/c4*1-2;;;/h2*1-2H3;2*2H2,1H3;3*1H/i;;;;2*1+1D;1+1. The molecular weight excluding hydrogens is 100 g/mol. The Morgan fingerprint density at radius 2 is 0.750 bits per heavy atom. The highest BCUT2D eigenvalue weighted by Gasteiger charge is 0.934. The van der Waals surface area contributed by atoms with Crippen molar-refractivity contribution in [2.24, 2.45) is 11.5 Å². The van der Waals surface area contributed by atoms with E-state index in [1.54, 1.807) is 0 Å². The van der Waals surface area contributed by atoms with E-state index >= 15 is 0 Å². The Bertz CT molecular complexity index is 19.0. The first-order valence-electron chi connectivity index (χ1n) is 5.15. The minimum Gasteiger partial charge on any atom is -0.333 e. The molecule has 0 saturated heterocycles. The molecule has 8 heavy (non-hydrogen) atoms. The molecule has 0 aliphatic heterocycles. The maximum Gasteiger partial charge on any atom is 0 e. The third-order valence-corrected chi connectivity index (χ3v) is 0. The first-order chi connectivity index (χ1) is 6.00. The average molecular weight is 133 g/mol. The van der Waals surface area contributed by atoms with Crippen molar-refractivity contribution in [1.82, 2.24) is 0 Å². The Kier molecular flexibility index (Phi) is 51300. The first-order valence-corrected chi connectivity index (χ1v) is 3.15. The van der Waals surface area contributed by atoms with Gasteiger partial charge in [-0.1, -0.05) is 27.7 Å². The van der Waals surface area contributed by atoms with Crippen molar-refractivity contribution in [3.05, 3.63) is 0 Å². The number of nitrogens with two attached hydrogens (primary N) is 2. The highest BCUT2D eigenvalue weighted by Crippen LogP contribution is 1.15. The van der Waals surface area contributed by atoms with E-state index < -0.39 is 0 Å². The van der Waals surface area contributed by atoms with E-state index in [1.165, 1.54) is 14.1 Å². The highest BCUT2D eigenvalue weighted by molar-refractivity contribution is 3.54. The van der Waals surface area contributed by atoms with Crippen molar-refractivity contribution in [3.63, 3.8) is 0 Å². The van der Waals surface area contributed by atoms with Gasteiger partial charge >= 0.3 is 0 Å². The van der Waals surface area contributed by atoms with Crippen molar-refractivity contribution < 1.29 is 7.37 Å². The molecule has 62 valence electrons.